The third-order valence-electron chi connectivity index (χ3n) is 4.44. The molecular weight excluding hydrogens is 371 g/mol. The van der Waals surface area contributed by atoms with Gasteiger partial charge in [-0.1, -0.05) is 18.2 Å². The second-order valence-corrected chi connectivity index (χ2v) is 8.04. The maximum atomic E-state index is 13.6. The van der Waals surface area contributed by atoms with E-state index in [4.69, 9.17) is 5.14 Å². The highest BCUT2D eigenvalue weighted by molar-refractivity contribution is 7.89. The van der Waals surface area contributed by atoms with Crippen LogP contribution in [0.25, 0.3) is 0 Å². The second kappa shape index (κ2) is 7.53. The molecule has 144 valence electrons. The van der Waals surface area contributed by atoms with Crippen molar-refractivity contribution in [2.75, 3.05) is 23.3 Å². The lowest BCUT2D eigenvalue weighted by Crippen LogP contribution is -2.39. The maximum Gasteiger partial charge on any atom is 0.319 e. The Morgan fingerprint density at radius 1 is 1.30 bits per heavy atom. The van der Waals surface area contributed by atoms with Gasteiger partial charge in [-0.05, 0) is 43.2 Å². The topological polar surface area (TPSA) is 105 Å². The highest BCUT2D eigenvalue weighted by Gasteiger charge is 2.24. The number of nitrogens with two attached hydrogens (primary N) is 1. The van der Waals surface area contributed by atoms with Crippen LogP contribution in [-0.2, 0) is 16.4 Å². The van der Waals surface area contributed by atoms with Crippen LogP contribution in [0.15, 0.2) is 47.4 Å². The standard InChI is InChI=1S/C18H21FN4O3S/c1-12-8-13-4-2-3-5-17(13)23(12)7-6-21-18(24)22-15-9-14(19)10-16(11-15)27(20,25)26/h2-5,9-12H,6-8H2,1H3,(H2,20,25,26)(H2,21,22,24). The van der Waals surface area contributed by atoms with E-state index in [9.17, 15) is 17.6 Å². The van der Waals surface area contributed by atoms with E-state index in [2.05, 4.69) is 34.6 Å². The molecule has 7 nitrogen and oxygen atoms in total. The Morgan fingerprint density at radius 3 is 2.78 bits per heavy atom. The number of hydrogen-bond acceptors (Lipinski definition) is 4. The summed E-state index contributed by atoms with van der Waals surface area (Å²) in [5.74, 6) is -0.806. The number of amides is 2. The lowest BCUT2D eigenvalue weighted by Gasteiger charge is -2.25. The highest BCUT2D eigenvalue weighted by Crippen LogP contribution is 2.31. The minimum atomic E-state index is -4.06. The van der Waals surface area contributed by atoms with E-state index in [0.717, 1.165) is 30.3 Å². The number of primary sulfonamides is 1. The SMILES string of the molecule is CC1Cc2ccccc2N1CCNC(=O)Nc1cc(F)cc(S(N)(=O)=O)c1. The zero-order valence-electron chi connectivity index (χ0n) is 14.8. The molecule has 0 saturated carbocycles. The van der Waals surface area contributed by atoms with E-state index < -0.39 is 26.8 Å². The van der Waals surface area contributed by atoms with Crippen LogP contribution >= 0.6 is 0 Å². The van der Waals surface area contributed by atoms with Gasteiger partial charge >= 0.3 is 6.03 Å². The molecular formula is C18H21FN4O3S. The molecule has 1 aliphatic heterocycles. The number of anilines is 2. The molecule has 0 spiro atoms. The lowest BCUT2D eigenvalue weighted by molar-refractivity contribution is 0.252. The number of halogens is 1. The van der Waals surface area contributed by atoms with Crippen LogP contribution < -0.4 is 20.7 Å². The molecule has 0 saturated heterocycles. The van der Waals surface area contributed by atoms with E-state index in [1.165, 1.54) is 5.56 Å². The molecule has 2 amide bonds. The minimum Gasteiger partial charge on any atom is -0.367 e. The molecule has 9 heteroatoms. The van der Waals surface area contributed by atoms with Crippen LogP contribution in [0, 0.1) is 5.82 Å². The van der Waals surface area contributed by atoms with Crippen LogP contribution in [0.4, 0.5) is 20.6 Å². The summed E-state index contributed by atoms with van der Waals surface area (Å²) in [5, 5.41) is 10.1. The summed E-state index contributed by atoms with van der Waals surface area (Å²) in [6.45, 7) is 3.13. The van der Waals surface area contributed by atoms with E-state index >= 15 is 0 Å². The average Bonchev–Trinajstić information content (AvgIpc) is 2.89. The number of hydrogen-bond donors (Lipinski definition) is 3. The summed E-state index contributed by atoms with van der Waals surface area (Å²) in [6, 6.07) is 10.9. The number of carbonyl (C=O) groups is 1. The number of urea groups is 1. The predicted octanol–water partition coefficient (Wildman–Crippen LogP) is 2.05. The van der Waals surface area contributed by atoms with Gasteiger partial charge in [0.2, 0.25) is 10.0 Å². The Labute approximate surface area is 157 Å². The van der Waals surface area contributed by atoms with Crippen molar-refractivity contribution < 1.29 is 17.6 Å². The molecule has 1 heterocycles. The van der Waals surface area contributed by atoms with Gasteiger partial charge in [-0.25, -0.2) is 22.7 Å². The summed E-state index contributed by atoms with van der Waals surface area (Å²) in [5.41, 5.74) is 2.45. The van der Waals surface area contributed by atoms with Gasteiger partial charge in [-0.15, -0.1) is 0 Å². The number of benzene rings is 2. The highest BCUT2D eigenvalue weighted by atomic mass is 32.2. The van der Waals surface area contributed by atoms with Crippen molar-refractivity contribution in [1.29, 1.82) is 0 Å². The van der Waals surface area contributed by atoms with Crippen molar-refractivity contribution in [2.24, 2.45) is 5.14 Å². The number of nitrogens with zero attached hydrogens (tertiary/aromatic N) is 1. The summed E-state index contributed by atoms with van der Waals surface area (Å²) in [4.78, 5) is 13.9. The van der Waals surface area contributed by atoms with E-state index in [1.54, 1.807) is 0 Å². The molecule has 1 aliphatic rings. The molecule has 2 aromatic carbocycles. The number of carbonyl (C=O) groups excluding carboxylic acids is 1. The fraction of sp³-hybridized carbons (Fsp3) is 0.278. The van der Waals surface area contributed by atoms with Crippen molar-refractivity contribution in [1.82, 2.24) is 5.32 Å². The smallest absolute Gasteiger partial charge is 0.319 e. The van der Waals surface area contributed by atoms with Crippen LogP contribution in [0.2, 0.25) is 0 Å². The van der Waals surface area contributed by atoms with Gasteiger partial charge < -0.3 is 15.5 Å². The van der Waals surface area contributed by atoms with Crippen LogP contribution in [-0.4, -0.2) is 33.6 Å². The Bertz CT molecular complexity index is 965. The fourth-order valence-electron chi connectivity index (χ4n) is 3.23. The first-order valence-electron chi connectivity index (χ1n) is 8.47. The largest absolute Gasteiger partial charge is 0.367 e. The summed E-state index contributed by atoms with van der Waals surface area (Å²) >= 11 is 0. The molecule has 0 radical (unpaired) electrons. The molecule has 2 aromatic rings. The molecule has 1 atom stereocenters. The second-order valence-electron chi connectivity index (χ2n) is 6.48. The van der Waals surface area contributed by atoms with Crippen molar-refractivity contribution in [3.63, 3.8) is 0 Å². The van der Waals surface area contributed by atoms with E-state index in [1.807, 2.05) is 12.1 Å². The quantitative estimate of drug-likeness (QED) is 0.724. The van der Waals surface area contributed by atoms with Crippen molar-refractivity contribution in [3.05, 3.63) is 53.8 Å². The predicted molar refractivity (Wildman–Crippen MR) is 102 cm³/mol. The summed E-state index contributed by atoms with van der Waals surface area (Å²) < 4.78 is 36.3. The third-order valence-corrected chi connectivity index (χ3v) is 5.34. The Hall–Kier alpha value is -2.65. The zero-order chi connectivity index (χ0) is 19.6. The first-order valence-corrected chi connectivity index (χ1v) is 10.0. The monoisotopic (exact) mass is 392 g/mol. The Kier molecular flexibility index (Phi) is 5.33. The van der Waals surface area contributed by atoms with Crippen molar-refractivity contribution >= 4 is 27.4 Å². The zero-order valence-corrected chi connectivity index (χ0v) is 15.6. The van der Waals surface area contributed by atoms with E-state index in [0.29, 0.717) is 19.1 Å². The normalized spacial score (nSPS) is 16.1. The summed E-state index contributed by atoms with van der Waals surface area (Å²) in [6.07, 6.45) is 0.960. The third kappa shape index (κ3) is 4.55. The molecule has 1 unspecified atom stereocenters. The first-order chi connectivity index (χ1) is 12.7. The lowest BCUT2D eigenvalue weighted by atomic mass is 10.1. The molecule has 3 rings (SSSR count). The minimum absolute atomic E-state index is 0.0106. The van der Waals surface area contributed by atoms with Gasteiger partial charge in [0, 0.05) is 30.5 Å². The maximum absolute atomic E-state index is 13.6. The molecule has 0 bridgehead atoms. The average molecular weight is 392 g/mol. The molecule has 0 aromatic heterocycles. The Morgan fingerprint density at radius 2 is 2.04 bits per heavy atom. The van der Waals surface area contributed by atoms with E-state index in [-0.39, 0.29) is 5.69 Å². The van der Waals surface area contributed by atoms with Gasteiger partial charge in [0.1, 0.15) is 5.82 Å². The molecule has 27 heavy (non-hydrogen) atoms. The summed E-state index contributed by atoms with van der Waals surface area (Å²) in [7, 11) is -4.06. The van der Waals surface area contributed by atoms with Crippen molar-refractivity contribution in [3.8, 4) is 0 Å². The van der Waals surface area contributed by atoms with Crippen LogP contribution in [0.3, 0.4) is 0 Å². The number of nitrogens with one attached hydrogen (secondary N) is 2. The number of sulfonamides is 1. The molecule has 0 aliphatic carbocycles. The Balaban J connectivity index is 1.57. The van der Waals surface area contributed by atoms with Gasteiger partial charge in [-0.2, -0.15) is 0 Å². The fourth-order valence-corrected chi connectivity index (χ4v) is 3.80. The van der Waals surface area contributed by atoms with Gasteiger partial charge in [0.05, 0.1) is 4.90 Å². The number of fused-ring (bicyclic) bond motifs is 1. The van der Waals surface area contributed by atoms with Crippen LogP contribution in [0.1, 0.15) is 12.5 Å². The number of para-hydroxylation sites is 1. The molecule has 4 N–H and O–H groups in total. The van der Waals surface area contributed by atoms with Crippen LogP contribution in [0.5, 0.6) is 0 Å². The number of rotatable bonds is 5. The van der Waals surface area contributed by atoms with Gasteiger partial charge in [-0.3, -0.25) is 0 Å². The van der Waals surface area contributed by atoms with Crippen molar-refractivity contribution in [2.45, 2.75) is 24.3 Å². The molecule has 0 fully saturated rings. The first kappa shape index (κ1) is 19.1. The van der Waals surface area contributed by atoms with Gasteiger partial charge in [0.15, 0.2) is 0 Å². The van der Waals surface area contributed by atoms with Gasteiger partial charge in [0.25, 0.3) is 0 Å².